The maximum absolute atomic E-state index is 13.1. The van der Waals surface area contributed by atoms with Gasteiger partial charge in [-0.2, -0.15) is 0 Å². The van der Waals surface area contributed by atoms with Crippen LogP contribution in [0.5, 0.6) is 0 Å². The summed E-state index contributed by atoms with van der Waals surface area (Å²) in [5.41, 5.74) is 4.93. The van der Waals surface area contributed by atoms with E-state index in [0.717, 1.165) is 32.1 Å². The fraction of sp³-hybridized carbons (Fsp3) is 0.396. The molecule has 5 atom stereocenters. The highest BCUT2D eigenvalue weighted by Crippen LogP contribution is 2.32. The lowest BCUT2D eigenvalue weighted by Gasteiger charge is -2.33. The first-order valence-corrected chi connectivity index (χ1v) is 43.9. The Morgan fingerprint density at radius 1 is 0.413 bits per heavy atom. The number of pyridine rings is 6. The van der Waals surface area contributed by atoms with Crippen LogP contribution in [0.2, 0.25) is 15.1 Å². The average Bonchev–Trinajstić information content (AvgIpc) is 1.61. The number of carbonyl (C=O) groups excluding carboxylic acids is 9. The summed E-state index contributed by atoms with van der Waals surface area (Å²) in [6.07, 6.45) is 17.2. The molecule has 0 spiro atoms. The van der Waals surface area contributed by atoms with E-state index in [1.165, 1.54) is 94.3 Å². The van der Waals surface area contributed by atoms with Gasteiger partial charge in [-0.3, -0.25) is 80.4 Å². The number of primary amides is 1. The van der Waals surface area contributed by atoms with Crippen LogP contribution < -0.4 is 87.4 Å². The van der Waals surface area contributed by atoms with Crippen molar-refractivity contribution in [3.63, 3.8) is 0 Å². The van der Waals surface area contributed by atoms with Crippen LogP contribution in [0, 0.1) is 0 Å². The van der Waals surface area contributed by atoms with Crippen molar-refractivity contribution in [3.05, 3.63) is 259 Å². The fourth-order valence-corrected chi connectivity index (χ4v) is 15.2. The second-order valence-electron chi connectivity index (χ2n) is 34.5. The van der Waals surface area contributed by atoms with Crippen LogP contribution in [0.25, 0.3) is 0 Å². The number of hydrogen-bond donors (Lipinski definition) is 11. The monoisotopic (exact) mass is 1980 g/mol. The van der Waals surface area contributed by atoms with Gasteiger partial charge in [0.05, 0.1) is 13.1 Å². The Labute approximate surface area is 815 Å². The molecular weight excluding hydrogens is 1870 g/mol. The number of hydrogen-bond acceptors (Lipinski definition) is 29. The van der Waals surface area contributed by atoms with Crippen molar-refractivity contribution in [3.8, 4) is 0 Å². The number of likely N-dealkylation sites (N-methyl/N-ethyl adjacent to an activating group) is 2. The van der Waals surface area contributed by atoms with E-state index >= 15 is 0 Å². The van der Waals surface area contributed by atoms with Crippen LogP contribution in [0.15, 0.2) is 176 Å². The van der Waals surface area contributed by atoms with Crippen LogP contribution in [0.1, 0.15) is 233 Å². The zero-order valence-corrected chi connectivity index (χ0v) is 81.9. The zero-order chi connectivity index (χ0) is 101. The molecule has 0 saturated carbocycles. The van der Waals surface area contributed by atoms with E-state index in [2.05, 4.69) is 87.4 Å². The molecule has 5 aliphatic heterocycles. The lowest BCUT2D eigenvalue weighted by Crippen LogP contribution is -2.53. The van der Waals surface area contributed by atoms with E-state index < -0.39 is 80.2 Å². The summed E-state index contributed by atoms with van der Waals surface area (Å²) >= 11 is 17.1. The van der Waals surface area contributed by atoms with Crippen molar-refractivity contribution >= 4 is 141 Å². The molecular formula is C91H116Cl4N26O17. The molecule has 740 valence electrons. The number of rotatable bonds is 19. The number of nitrogens with one attached hydrogen (secondary N) is 9. The molecule has 47 heteroatoms. The standard InChI is InChI=1S/C19H24N6O4.C15H20ClN3O4.2C15H17N5O2.C11H13ClN2O2.C6H5ClN2O2.C5H10O.C4H5N3.CH4.ClH/c1-18(2,3)29-17(28)24(5)10-19(4)23-15(26)13-7-6-12(16(27)25(13)19)22-14-8-9-20-11-21-14;1-14(2,3)23-13(22)18(5)8-15(4)17-11(20)10-7-6-9(16)12(21)19(10)15;2*1-3-7-15(2)19-13(21)11-5-4-10(14(22)20(11)15)18-12-6-8-16-9-17-12;1-3-6-11(2)13-9(15)8-5-4-7(12)10(16)14(8)11;7-3-1-2-4(5(8)10)9-6(3)11;1-3-4-5(2)6;5-4-1-2-6-3-7-4;;/h6-9,11H,10H2,1-5H3,(H,23,26)(H,20,21,22);6-7H,8H2,1-5H3,(H,17,20);2*4-6,8-9H,3,7H2,1-2H3,(H,19,21)(H,16,17,18);4-5H,3,6H2,1-2H3,(H,13,15);1-2H,(H2,8,10)(H,9,11);3-4H2,1-2H3;1-3H,(H2,5,6,7);1H4;1H. The molecule has 15 heterocycles. The SMILES string of the molecule is C.CCCC(C)=O.CCCC1(C)NC(=O)c2ccc(Cl)c(=O)n21.CCCC1(C)NC(=O)c2ccc(Nc3ccncn3)c(=O)n21.CCCC1(C)NC(=O)c2ccc(Nc3ccncn3)c(=O)n21.CN(CC1(C)NC(=O)c2ccc(Cl)c(=O)n21)C(=O)OC(C)(C)C.CN(CC1(C)NC(=O)c2ccc(Nc3ccncn3)c(=O)n21)C(=O)OC(C)(C)C.Cl.NC(=O)c1ccc(Cl)c(=O)[nH]1.Nc1ccncn1. The summed E-state index contributed by atoms with van der Waals surface area (Å²) in [6, 6.07) is 24.8. The van der Waals surface area contributed by atoms with Gasteiger partial charge in [0.15, 0.2) is 0 Å². The minimum absolute atomic E-state index is 0. The van der Waals surface area contributed by atoms with Crippen molar-refractivity contribution in [2.24, 2.45) is 5.73 Å². The first-order valence-electron chi connectivity index (χ1n) is 42.7. The number of nitrogens with two attached hydrogens (primary N) is 2. The van der Waals surface area contributed by atoms with E-state index in [4.69, 9.17) is 55.7 Å². The fourth-order valence-electron chi connectivity index (χ4n) is 14.8. The molecule has 0 fully saturated rings. The molecule has 10 aromatic heterocycles. The number of nitrogens with zero attached hydrogens (tertiary/aromatic N) is 15. The Morgan fingerprint density at radius 2 is 0.696 bits per heavy atom. The third-order valence-corrected chi connectivity index (χ3v) is 21.3. The smallest absolute Gasteiger partial charge is 0.410 e. The topological polar surface area (TPSA) is 573 Å². The van der Waals surface area contributed by atoms with E-state index in [-0.39, 0.29) is 117 Å². The van der Waals surface area contributed by atoms with Gasteiger partial charge in [-0.1, -0.05) is 89.2 Å². The minimum Gasteiger partial charge on any atom is -0.444 e. The summed E-state index contributed by atoms with van der Waals surface area (Å²) in [4.78, 5) is 215. The van der Waals surface area contributed by atoms with Crippen molar-refractivity contribution < 1.29 is 52.6 Å². The molecule has 138 heavy (non-hydrogen) atoms. The van der Waals surface area contributed by atoms with Gasteiger partial charge in [0.2, 0.25) is 0 Å². The first kappa shape index (κ1) is 112. The van der Waals surface area contributed by atoms with Gasteiger partial charge >= 0.3 is 12.2 Å². The van der Waals surface area contributed by atoms with Gasteiger partial charge in [0, 0.05) is 45.3 Å². The van der Waals surface area contributed by atoms with Gasteiger partial charge in [-0.15, -0.1) is 12.4 Å². The Bertz CT molecular complexity index is 6330. The Morgan fingerprint density at radius 3 is 0.942 bits per heavy atom. The largest absolute Gasteiger partial charge is 0.444 e. The third-order valence-electron chi connectivity index (χ3n) is 20.4. The number of carbonyl (C=O) groups is 9. The summed E-state index contributed by atoms with van der Waals surface area (Å²) in [5, 5.41) is 23.2. The lowest BCUT2D eigenvalue weighted by atomic mass is 10.1. The van der Waals surface area contributed by atoms with Crippen LogP contribution in [0.4, 0.5) is 49.9 Å². The second-order valence-corrected chi connectivity index (χ2v) is 35.7. The number of H-pyrrole nitrogens is 1. The van der Waals surface area contributed by atoms with Crippen LogP contribution in [-0.2, 0) is 42.6 Å². The number of ether oxygens (including phenoxy) is 2. The molecule has 8 amide bonds. The molecule has 5 unspecified atom stereocenters. The summed E-state index contributed by atoms with van der Waals surface area (Å²) in [5.74, 6) is 0.181. The van der Waals surface area contributed by atoms with Crippen molar-refractivity contribution in [1.82, 2.24) is 104 Å². The van der Waals surface area contributed by atoms with E-state index in [1.807, 2.05) is 48.5 Å². The van der Waals surface area contributed by atoms with Gasteiger partial charge in [0.25, 0.3) is 68.8 Å². The van der Waals surface area contributed by atoms with Crippen LogP contribution >= 0.6 is 47.2 Å². The molecule has 0 saturated heterocycles. The predicted molar refractivity (Wildman–Crippen MR) is 524 cm³/mol. The summed E-state index contributed by atoms with van der Waals surface area (Å²) in [7, 11) is 3.09. The Hall–Kier alpha value is -14.6. The lowest BCUT2D eigenvalue weighted by molar-refractivity contribution is -0.117. The summed E-state index contributed by atoms with van der Waals surface area (Å²) < 4.78 is 17.8. The van der Waals surface area contributed by atoms with Crippen molar-refractivity contribution in [1.29, 1.82) is 0 Å². The highest BCUT2D eigenvalue weighted by atomic mass is 35.5. The maximum Gasteiger partial charge on any atom is 0.410 e. The number of nitrogen functional groups attached to an aromatic ring is 1. The number of anilines is 7. The summed E-state index contributed by atoms with van der Waals surface area (Å²) in [6.45, 7) is 29.2. The number of Topliss-reactive ketones (excluding diaryl/α,β-unsaturated/α-hetero) is 1. The molecule has 5 aliphatic rings. The van der Waals surface area contributed by atoms with E-state index in [1.54, 1.807) is 162 Å². The molecule has 43 nitrogen and oxygen atoms in total. The first-order chi connectivity index (χ1) is 63.8. The van der Waals surface area contributed by atoms with Crippen molar-refractivity contribution in [2.45, 2.75) is 209 Å². The van der Waals surface area contributed by atoms with Gasteiger partial charge in [0.1, 0.15) is 160 Å². The molecule has 0 aromatic carbocycles. The number of ketones is 1. The molecule has 15 rings (SSSR count). The molecule has 10 aromatic rings. The maximum atomic E-state index is 13.1. The molecule has 0 radical (unpaired) electrons. The van der Waals surface area contributed by atoms with Gasteiger partial charge in [-0.25, -0.2) is 49.5 Å². The third kappa shape index (κ3) is 28.3. The second kappa shape index (κ2) is 47.7. The highest BCUT2D eigenvalue weighted by Gasteiger charge is 2.46. The highest BCUT2D eigenvalue weighted by molar-refractivity contribution is 6.31. The predicted octanol–water partition coefficient (Wildman–Crippen LogP) is 11.0. The van der Waals surface area contributed by atoms with E-state index in [0.29, 0.717) is 71.0 Å². The van der Waals surface area contributed by atoms with Gasteiger partial charge in [-0.05, 0) is 206 Å². The minimum atomic E-state index is -1.14. The average molecular weight is 1990 g/mol. The number of aromatic amines is 1. The number of halogens is 4. The zero-order valence-electron chi connectivity index (χ0n) is 78.8. The number of amides is 8. The number of fused-ring (bicyclic) bond motifs is 5. The molecule has 0 aliphatic carbocycles. The van der Waals surface area contributed by atoms with Crippen LogP contribution in [0.3, 0.4) is 0 Å². The molecule has 13 N–H and O–H groups in total. The van der Waals surface area contributed by atoms with Crippen molar-refractivity contribution in [2.75, 3.05) is 48.9 Å². The quantitative estimate of drug-likeness (QED) is 0.0358. The Balaban J connectivity index is 0.000000250. The van der Waals surface area contributed by atoms with E-state index in [9.17, 15) is 71.9 Å². The molecule has 0 bridgehead atoms. The van der Waals surface area contributed by atoms with Gasteiger partial charge < -0.3 is 83.1 Å². The number of aromatic nitrogens is 14. The normalized spacial score (nSPS) is 17.6. The van der Waals surface area contributed by atoms with Crippen LogP contribution in [-0.4, -0.2) is 169 Å². The Kier molecular flexibility index (Phi) is 38.8.